The summed E-state index contributed by atoms with van der Waals surface area (Å²) in [5.41, 5.74) is 8.64. The van der Waals surface area contributed by atoms with Crippen LogP contribution in [0.15, 0.2) is 67.3 Å². The highest BCUT2D eigenvalue weighted by molar-refractivity contribution is 5.92. The minimum Gasteiger partial charge on any atom is -0.508 e. The zero-order valence-electron chi connectivity index (χ0n) is 41.7. The number of carbonyl (C=O) groups is 2. The van der Waals surface area contributed by atoms with E-state index in [0.29, 0.717) is 68.0 Å². The normalized spacial score (nSPS) is 18.0. The Balaban J connectivity index is 0.856. The lowest BCUT2D eigenvalue weighted by Gasteiger charge is -2.42. The maximum Gasteiger partial charge on any atom is 0.318 e. The number of nitrogens with one attached hydrogen (secondary N) is 1. The van der Waals surface area contributed by atoms with Gasteiger partial charge in [-0.25, -0.2) is 0 Å². The Morgan fingerprint density at radius 1 is 0.958 bits per heavy atom. The van der Waals surface area contributed by atoms with Crippen LogP contribution in [0.4, 0.5) is 11.5 Å². The van der Waals surface area contributed by atoms with Crippen molar-refractivity contribution in [1.29, 1.82) is 5.26 Å². The summed E-state index contributed by atoms with van der Waals surface area (Å²) in [5, 5.41) is 42.6. The van der Waals surface area contributed by atoms with Crippen molar-refractivity contribution in [3.8, 4) is 40.7 Å². The Hall–Kier alpha value is -7.03. The number of carbonyl (C=O) groups excluding carboxylic acids is 2. The molecular weight excluding hydrogens is 897 g/mol. The zero-order valence-corrected chi connectivity index (χ0v) is 41.7. The van der Waals surface area contributed by atoms with Crippen molar-refractivity contribution in [2.45, 2.75) is 85.4 Å². The number of amides is 2. The Morgan fingerprint density at radius 3 is 2.42 bits per heavy atom. The molecule has 5 heterocycles. The molecule has 0 unspecified atom stereocenters. The number of rotatable bonds is 16. The molecule has 2 amide bonds. The van der Waals surface area contributed by atoms with E-state index in [1.54, 1.807) is 15.5 Å². The van der Waals surface area contributed by atoms with E-state index in [0.717, 1.165) is 87.7 Å². The van der Waals surface area contributed by atoms with Gasteiger partial charge in [-0.05, 0) is 98.5 Å². The first kappa shape index (κ1) is 49.0. The number of hydrogen-bond donors (Lipinski definition) is 3. The van der Waals surface area contributed by atoms with Crippen LogP contribution < -0.4 is 19.9 Å². The van der Waals surface area contributed by atoms with Crippen molar-refractivity contribution in [2.24, 2.45) is 5.41 Å². The van der Waals surface area contributed by atoms with Gasteiger partial charge < -0.3 is 39.9 Å². The molecule has 9 rings (SSSR count). The lowest BCUT2D eigenvalue weighted by atomic mass is 9.98. The number of benzene rings is 3. The van der Waals surface area contributed by atoms with Crippen LogP contribution in [0.3, 0.4) is 0 Å². The largest absolute Gasteiger partial charge is 0.508 e. The van der Waals surface area contributed by atoms with Crippen molar-refractivity contribution in [3.63, 3.8) is 0 Å². The number of fused-ring (bicyclic) bond motifs is 1. The maximum absolute atomic E-state index is 13.2. The molecule has 372 valence electrons. The monoisotopic (exact) mass is 963 g/mol. The molecule has 1 saturated carbocycles. The number of aromatic nitrogens is 5. The van der Waals surface area contributed by atoms with Gasteiger partial charge in [0.1, 0.15) is 17.3 Å². The number of ether oxygens (including phenoxy) is 1. The summed E-state index contributed by atoms with van der Waals surface area (Å²) in [7, 11) is 0. The first-order valence-corrected chi connectivity index (χ1v) is 25.0. The first-order valence-electron chi connectivity index (χ1n) is 25.0. The summed E-state index contributed by atoms with van der Waals surface area (Å²) in [6.45, 7) is 23.2. The van der Waals surface area contributed by atoms with Crippen LogP contribution in [0.5, 0.6) is 17.5 Å². The van der Waals surface area contributed by atoms with Crippen LogP contribution in [0.1, 0.15) is 90.1 Å². The van der Waals surface area contributed by atoms with E-state index in [-0.39, 0.29) is 52.9 Å². The molecule has 2 aromatic heterocycles. The standard InChI is InChI=1S/C54H66N12O5/c1-7-48(69)65-27-26-64(31-40(65)16-20-55)49-41-17-21-63(45-11-9-10-36(5)37(45)6)32-44(41)57-53(58-49)71-34-54(18-19-54)33-62-24-22-61(23-25-62)30-38-12-14-39(15-13-38)66-50(59-60-51(66)52(70)56-8-2)43-28-42(35(3)4)46(67)29-47(43)68/h7,9-15,28-29,35,40,67-68H,1,8,16-19,21-27,30-34H2,2-6H3,(H,56,70)/t40-/m0/s1. The zero-order chi connectivity index (χ0) is 50.0. The first-order chi connectivity index (χ1) is 34.3. The minimum absolute atomic E-state index is 0.00506. The molecule has 0 radical (unpaired) electrons. The number of anilines is 2. The van der Waals surface area contributed by atoms with Gasteiger partial charge in [-0.3, -0.25) is 19.1 Å². The van der Waals surface area contributed by atoms with Crippen molar-refractivity contribution in [2.75, 3.05) is 81.9 Å². The van der Waals surface area contributed by atoms with Gasteiger partial charge in [-0.2, -0.15) is 15.2 Å². The predicted molar refractivity (Wildman–Crippen MR) is 272 cm³/mol. The molecule has 3 aliphatic heterocycles. The van der Waals surface area contributed by atoms with Crippen molar-refractivity contribution in [3.05, 3.63) is 107 Å². The number of piperazine rings is 2. The van der Waals surface area contributed by atoms with Gasteiger partial charge in [-0.1, -0.05) is 44.7 Å². The molecule has 3 N–H and O–H groups in total. The van der Waals surface area contributed by atoms with Crippen molar-refractivity contribution in [1.82, 2.24) is 44.7 Å². The van der Waals surface area contributed by atoms with E-state index >= 15 is 0 Å². The fourth-order valence-electron chi connectivity index (χ4n) is 10.4. The van der Waals surface area contributed by atoms with Crippen LogP contribution in [-0.2, 0) is 24.3 Å². The molecule has 3 aromatic carbocycles. The van der Waals surface area contributed by atoms with Crippen LogP contribution in [-0.4, -0.2) is 140 Å². The summed E-state index contributed by atoms with van der Waals surface area (Å²) in [4.78, 5) is 47.6. The van der Waals surface area contributed by atoms with E-state index in [1.165, 1.54) is 29.0 Å². The number of aromatic hydroxyl groups is 2. The quantitative estimate of drug-likeness (QED) is 0.0936. The van der Waals surface area contributed by atoms with Crippen LogP contribution >= 0.6 is 0 Å². The molecule has 1 aliphatic carbocycles. The molecule has 2 saturated heterocycles. The number of hydrogen-bond acceptors (Lipinski definition) is 14. The summed E-state index contributed by atoms with van der Waals surface area (Å²) in [6, 6.07) is 19.9. The number of phenols is 2. The summed E-state index contributed by atoms with van der Waals surface area (Å²) >= 11 is 0. The Labute approximate surface area is 416 Å². The highest BCUT2D eigenvalue weighted by Crippen LogP contribution is 2.47. The van der Waals surface area contributed by atoms with E-state index in [1.807, 2.05) is 32.9 Å². The van der Waals surface area contributed by atoms with Gasteiger partial charge in [0.2, 0.25) is 11.7 Å². The fourth-order valence-corrected chi connectivity index (χ4v) is 10.4. The van der Waals surface area contributed by atoms with Crippen LogP contribution in [0, 0.1) is 30.6 Å². The lowest BCUT2D eigenvalue weighted by molar-refractivity contribution is -0.128. The van der Waals surface area contributed by atoms with Crippen LogP contribution in [0.25, 0.3) is 17.1 Å². The maximum atomic E-state index is 13.2. The Bertz CT molecular complexity index is 2830. The van der Waals surface area contributed by atoms with Crippen molar-refractivity contribution < 1.29 is 24.5 Å². The molecule has 0 spiro atoms. The molecule has 0 bridgehead atoms. The van der Waals surface area contributed by atoms with E-state index in [4.69, 9.17) is 14.7 Å². The van der Waals surface area contributed by atoms with Gasteiger partial charge in [0.25, 0.3) is 5.91 Å². The van der Waals surface area contributed by atoms with Gasteiger partial charge in [0.05, 0.1) is 42.9 Å². The Morgan fingerprint density at radius 2 is 1.72 bits per heavy atom. The second-order valence-corrected chi connectivity index (χ2v) is 20.0. The highest BCUT2D eigenvalue weighted by atomic mass is 16.5. The second-order valence-electron chi connectivity index (χ2n) is 20.0. The van der Waals surface area contributed by atoms with Gasteiger partial charge in [0.15, 0.2) is 5.82 Å². The average Bonchev–Trinajstić information content (AvgIpc) is 3.99. The van der Waals surface area contributed by atoms with E-state index < -0.39 is 0 Å². The summed E-state index contributed by atoms with van der Waals surface area (Å²) < 4.78 is 8.30. The molecular formula is C54H66N12O5. The molecule has 4 aliphatic rings. The second kappa shape index (κ2) is 20.7. The van der Waals surface area contributed by atoms with Crippen LogP contribution in [0.2, 0.25) is 0 Å². The van der Waals surface area contributed by atoms with E-state index in [9.17, 15) is 25.1 Å². The third-order valence-electron chi connectivity index (χ3n) is 14.8. The van der Waals surface area contributed by atoms with Gasteiger partial charge in [-0.15, -0.1) is 10.2 Å². The van der Waals surface area contributed by atoms with Gasteiger partial charge >= 0.3 is 6.01 Å². The number of nitrogens with zero attached hydrogens (tertiary/aromatic N) is 11. The molecule has 17 nitrogen and oxygen atoms in total. The van der Waals surface area contributed by atoms with E-state index in [2.05, 4.69) is 91.9 Å². The molecule has 17 heteroatoms. The lowest BCUT2D eigenvalue weighted by Crippen LogP contribution is -2.55. The number of nitriles is 1. The third kappa shape index (κ3) is 10.4. The SMILES string of the molecule is C=CC(=O)N1CCN(c2nc(OCC3(CN4CCN(Cc5ccc(-n6c(C(=O)NCC)nnc6-c6cc(C(C)C)c(O)cc6O)cc5)CC4)CC3)nc3c2CCN(c2cccc(C)c2C)C3)C[C@@H]1CC#N. The molecule has 3 fully saturated rings. The number of phenolic OH excluding ortho intramolecular Hbond substituents is 2. The fraction of sp³-hybridized carbons (Fsp3) is 0.463. The summed E-state index contributed by atoms with van der Waals surface area (Å²) in [5.74, 6) is 0.528. The molecule has 1 atom stereocenters. The molecule has 71 heavy (non-hydrogen) atoms. The summed E-state index contributed by atoms with van der Waals surface area (Å²) in [6.07, 6.45) is 4.48. The molecule has 5 aromatic rings. The smallest absolute Gasteiger partial charge is 0.318 e. The third-order valence-corrected chi connectivity index (χ3v) is 14.8. The number of aryl methyl sites for hydroxylation is 1. The average molecular weight is 963 g/mol. The highest BCUT2D eigenvalue weighted by Gasteiger charge is 2.45. The Kier molecular flexibility index (Phi) is 14.3. The predicted octanol–water partition coefficient (Wildman–Crippen LogP) is 6.28. The topological polar surface area (TPSA) is 192 Å². The minimum atomic E-state index is -0.381. The van der Waals surface area contributed by atoms with Crippen molar-refractivity contribution >= 4 is 23.3 Å². The van der Waals surface area contributed by atoms with Gasteiger partial charge in [0, 0.05) is 100 Å².